The van der Waals surface area contributed by atoms with Crippen molar-refractivity contribution in [2.45, 2.75) is 119 Å². The SMILES string of the molecule is CCC(=O)Oc1ccc(CCC(C)C)cc1OC(=O)CC.CCCCCCc1ccc(OC(=O)CC)c(OC(=O)CC)c1. The highest BCUT2D eigenvalue weighted by molar-refractivity contribution is 5.77. The zero-order valence-electron chi connectivity index (χ0n) is 27.1. The van der Waals surface area contributed by atoms with Gasteiger partial charge in [-0.05, 0) is 67.0 Å². The number of aryl methyl sites for hydroxylation is 2. The molecule has 0 saturated heterocycles. The Hall–Kier alpha value is -3.68. The van der Waals surface area contributed by atoms with E-state index in [9.17, 15) is 19.2 Å². The van der Waals surface area contributed by atoms with E-state index in [1.54, 1.807) is 52.0 Å². The van der Waals surface area contributed by atoms with Crippen LogP contribution in [0.2, 0.25) is 0 Å². The van der Waals surface area contributed by atoms with Crippen molar-refractivity contribution in [3.63, 3.8) is 0 Å². The molecule has 0 amide bonds. The molecular weight excluding hydrogens is 548 g/mol. The van der Waals surface area contributed by atoms with Crippen molar-refractivity contribution in [2.75, 3.05) is 0 Å². The van der Waals surface area contributed by atoms with Crippen molar-refractivity contribution in [1.29, 1.82) is 0 Å². The average Bonchev–Trinajstić information content (AvgIpc) is 3.00. The largest absolute Gasteiger partial charge is 0.423 e. The third-order valence-electron chi connectivity index (χ3n) is 6.40. The molecule has 0 bridgehead atoms. The minimum Gasteiger partial charge on any atom is -0.423 e. The third kappa shape index (κ3) is 15.4. The zero-order chi connectivity index (χ0) is 32.2. The molecule has 0 atom stereocenters. The first-order chi connectivity index (χ1) is 20.6. The lowest BCUT2D eigenvalue weighted by Crippen LogP contribution is -2.11. The molecule has 8 heteroatoms. The predicted octanol–water partition coefficient (Wildman–Crippen LogP) is 8.35. The highest BCUT2D eigenvalue weighted by Gasteiger charge is 2.15. The van der Waals surface area contributed by atoms with Crippen LogP contribution >= 0.6 is 0 Å². The standard InChI is InChI=1S/C18H26O4.C17H24O4/c1-4-7-8-9-10-14-11-12-15(21-17(19)5-2)16(13-14)22-18(20)6-3;1-5-16(18)20-14-10-9-13(8-7-12(3)4)11-15(14)21-17(19)6-2/h11-13H,4-10H2,1-3H3;9-12H,5-8H2,1-4H3. The van der Waals surface area contributed by atoms with Gasteiger partial charge in [0.15, 0.2) is 23.0 Å². The normalized spacial score (nSPS) is 10.4. The van der Waals surface area contributed by atoms with E-state index < -0.39 is 0 Å². The van der Waals surface area contributed by atoms with Crippen LogP contribution in [0.25, 0.3) is 0 Å². The maximum absolute atomic E-state index is 11.5. The first-order valence-corrected chi connectivity index (χ1v) is 15.6. The van der Waals surface area contributed by atoms with E-state index >= 15 is 0 Å². The molecule has 43 heavy (non-hydrogen) atoms. The Labute approximate surface area is 257 Å². The molecular formula is C35H50O8. The Morgan fingerprint density at radius 1 is 0.535 bits per heavy atom. The van der Waals surface area contributed by atoms with Gasteiger partial charge in [-0.25, -0.2) is 0 Å². The summed E-state index contributed by atoms with van der Waals surface area (Å²) in [5.41, 5.74) is 2.16. The van der Waals surface area contributed by atoms with Crippen molar-refractivity contribution in [2.24, 2.45) is 5.92 Å². The van der Waals surface area contributed by atoms with Crippen LogP contribution in [0.3, 0.4) is 0 Å². The van der Waals surface area contributed by atoms with Crippen LogP contribution in [0.4, 0.5) is 0 Å². The Bertz CT molecular complexity index is 1170. The van der Waals surface area contributed by atoms with E-state index in [1.165, 1.54) is 19.3 Å². The number of unbranched alkanes of at least 4 members (excludes halogenated alkanes) is 3. The molecule has 0 aromatic heterocycles. The fourth-order valence-electron chi connectivity index (χ4n) is 3.73. The second-order valence-electron chi connectivity index (χ2n) is 10.6. The highest BCUT2D eigenvalue weighted by Crippen LogP contribution is 2.31. The molecule has 0 N–H and O–H groups in total. The number of benzene rings is 2. The summed E-state index contributed by atoms with van der Waals surface area (Å²) >= 11 is 0. The lowest BCUT2D eigenvalue weighted by atomic mass is 10.0. The van der Waals surface area contributed by atoms with Crippen LogP contribution in [0, 0.1) is 5.92 Å². The summed E-state index contributed by atoms with van der Waals surface area (Å²) in [6, 6.07) is 10.8. The molecule has 2 aromatic carbocycles. The molecule has 238 valence electrons. The van der Waals surface area contributed by atoms with Crippen molar-refractivity contribution < 1.29 is 38.1 Å². The van der Waals surface area contributed by atoms with Crippen LogP contribution in [0.5, 0.6) is 23.0 Å². The predicted molar refractivity (Wildman–Crippen MR) is 168 cm³/mol. The number of esters is 4. The quantitative estimate of drug-likeness (QED) is 0.108. The highest BCUT2D eigenvalue weighted by atomic mass is 16.6. The summed E-state index contributed by atoms with van der Waals surface area (Å²) in [4.78, 5) is 45.9. The molecule has 0 spiro atoms. The molecule has 0 aliphatic rings. The molecule has 0 aliphatic carbocycles. The molecule has 0 saturated carbocycles. The minimum atomic E-state index is -0.348. The van der Waals surface area contributed by atoms with E-state index in [0.29, 0.717) is 28.9 Å². The Morgan fingerprint density at radius 3 is 1.30 bits per heavy atom. The van der Waals surface area contributed by atoms with E-state index in [2.05, 4.69) is 20.8 Å². The van der Waals surface area contributed by atoms with Crippen LogP contribution in [-0.4, -0.2) is 23.9 Å². The number of carbonyl (C=O) groups is 4. The van der Waals surface area contributed by atoms with Gasteiger partial charge in [-0.15, -0.1) is 0 Å². The second-order valence-corrected chi connectivity index (χ2v) is 10.6. The van der Waals surface area contributed by atoms with Crippen molar-refractivity contribution in [1.82, 2.24) is 0 Å². The molecule has 0 unspecified atom stereocenters. The van der Waals surface area contributed by atoms with Gasteiger partial charge in [0.1, 0.15) is 0 Å². The van der Waals surface area contributed by atoms with Gasteiger partial charge in [-0.2, -0.15) is 0 Å². The third-order valence-corrected chi connectivity index (χ3v) is 6.40. The number of hydrogen-bond acceptors (Lipinski definition) is 8. The molecule has 2 aromatic rings. The van der Waals surface area contributed by atoms with Gasteiger partial charge in [0.25, 0.3) is 0 Å². The van der Waals surface area contributed by atoms with E-state index in [1.807, 2.05) is 12.1 Å². The maximum atomic E-state index is 11.5. The van der Waals surface area contributed by atoms with Crippen molar-refractivity contribution in [3.05, 3.63) is 47.5 Å². The minimum absolute atomic E-state index is 0.274. The summed E-state index contributed by atoms with van der Waals surface area (Å²) < 4.78 is 21.0. The lowest BCUT2D eigenvalue weighted by molar-refractivity contribution is -0.136. The van der Waals surface area contributed by atoms with Crippen LogP contribution in [0.15, 0.2) is 36.4 Å². The second kappa shape index (κ2) is 21.1. The molecule has 0 fully saturated rings. The van der Waals surface area contributed by atoms with E-state index in [4.69, 9.17) is 18.9 Å². The smallest absolute Gasteiger partial charge is 0.311 e. The zero-order valence-corrected chi connectivity index (χ0v) is 27.1. The number of ether oxygens (including phenoxy) is 4. The van der Waals surface area contributed by atoms with Crippen LogP contribution in [-0.2, 0) is 32.0 Å². The molecule has 0 radical (unpaired) electrons. The fourth-order valence-corrected chi connectivity index (χ4v) is 3.73. The molecule has 0 aliphatic heterocycles. The van der Waals surface area contributed by atoms with Gasteiger partial charge < -0.3 is 18.9 Å². The molecule has 0 heterocycles. The van der Waals surface area contributed by atoms with Gasteiger partial charge in [-0.3, -0.25) is 19.2 Å². The number of hydrogen-bond donors (Lipinski definition) is 0. The van der Waals surface area contributed by atoms with E-state index in [0.717, 1.165) is 36.8 Å². The Kier molecular flexibility index (Phi) is 18.3. The summed E-state index contributed by atoms with van der Waals surface area (Å²) in [5, 5.41) is 0. The Morgan fingerprint density at radius 2 is 0.930 bits per heavy atom. The summed E-state index contributed by atoms with van der Waals surface area (Å²) in [7, 11) is 0. The van der Waals surface area contributed by atoms with Gasteiger partial charge in [0, 0.05) is 25.7 Å². The topological polar surface area (TPSA) is 105 Å². The average molecular weight is 599 g/mol. The maximum Gasteiger partial charge on any atom is 0.311 e. The first kappa shape index (κ1) is 37.3. The number of carbonyl (C=O) groups excluding carboxylic acids is 4. The number of rotatable bonds is 16. The monoisotopic (exact) mass is 598 g/mol. The lowest BCUT2D eigenvalue weighted by Gasteiger charge is -2.12. The van der Waals surface area contributed by atoms with Crippen molar-refractivity contribution in [3.8, 4) is 23.0 Å². The van der Waals surface area contributed by atoms with Crippen LogP contribution in [0.1, 0.15) is 117 Å². The first-order valence-electron chi connectivity index (χ1n) is 15.6. The molecule has 2 rings (SSSR count). The van der Waals surface area contributed by atoms with Crippen molar-refractivity contribution >= 4 is 23.9 Å². The fraction of sp³-hybridized carbons (Fsp3) is 0.543. The molecule has 8 nitrogen and oxygen atoms in total. The summed E-state index contributed by atoms with van der Waals surface area (Å²) in [6.07, 6.45) is 8.70. The van der Waals surface area contributed by atoms with E-state index in [-0.39, 0.29) is 49.6 Å². The van der Waals surface area contributed by atoms with Gasteiger partial charge >= 0.3 is 23.9 Å². The van der Waals surface area contributed by atoms with Gasteiger partial charge in [0.2, 0.25) is 0 Å². The van der Waals surface area contributed by atoms with Crippen LogP contribution < -0.4 is 18.9 Å². The summed E-state index contributed by atoms with van der Waals surface area (Å²) in [6.45, 7) is 13.4. The van der Waals surface area contributed by atoms with Gasteiger partial charge in [0.05, 0.1) is 0 Å². The van der Waals surface area contributed by atoms with Gasteiger partial charge in [-0.1, -0.05) is 79.9 Å². The summed E-state index contributed by atoms with van der Waals surface area (Å²) in [5.74, 6) is 0.503. The Balaban J connectivity index is 0.000000430.